The van der Waals surface area contributed by atoms with Gasteiger partial charge in [0.1, 0.15) is 48.8 Å². The molecule has 0 aromatic rings. The minimum absolute atomic E-state index is 0.260. The van der Waals surface area contributed by atoms with Crippen LogP contribution in [0.25, 0.3) is 0 Å². The van der Waals surface area contributed by atoms with Crippen LogP contribution in [0, 0.1) is 0 Å². The first-order valence-electron chi connectivity index (χ1n) is 25.9. The zero-order chi connectivity index (χ0) is 48.2. The van der Waals surface area contributed by atoms with Gasteiger partial charge in [0.25, 0.3) is 0 Å². The van der Waals surface area contributed by atoms with Crippen molar-refractivity contribution in [1.82, 2.24) is 5.32 Å². The minimum atomic E-state index is -1.79. The number of amides is 1. The van der Waals surface area contributed by atoms with Gasteiger partial charge in [-0.3, -0.25) is 4.79 Å². The predicted octanol–water partition coefficient (Wildman–Crippen LogP) is 6.88. The minimum Gasteiger partial charge on any atom is -0.394 e. The highest BCUT2D eigenvalue weighted by Crippen LogP contribution is 2.30. The molecule has 384 valence electrons. The molecule has 2 heterocycles. The van der Waals surface area contributed by atoms with E-state index in [0.29, 0.717) is 12.8 Å². The second-order valence-corrected chi connectivity index (χ2v) is 18.3. The van der Waals surface area contributed by atoms with Gasteiger partial charge < -0.3 is 65.1 Å². The van der Waals surface area contributed by atoms with Crippen LogP contribution in [-0.4, -0.2) is 140 Å². The zero-order valence-corrected chi connectivity index (χ0v) is 40.7. The molecule has 0 aromatic carbocycles. The van der Waals surface area contributed by atoms with Crippen LogP contribution in [0.4, 0.5) is 0 Å². The second-order valence-electron chi connectivity index (χ2n) is 18.3. The van der Waals surface area contributed by atoms with Crippen molar-refractivity contribution in [2.75, 3.05) is 19.8 Å². The lowest BCUT2D eigenvalue weighted by Crippen LogP contribution is -2.65. The summed E-state index contributed by atoms with van der Waals surface area (Å²) >= 11 is 0. The first-order chi connectivity index (χ1) is 32.1. The van der Waals surface area contributed by atoms with E-state index in [4.69, 9.17) is 18.9 Å². The Kier molecular flexibility index (Phi) is 35.3. The van der Waals surface area contributed by atoms with Gasteiger partial charge in [-0.15, -0.1) is 0 Å². The number of carbonyl (C=O) groups excluding carboxylic acids is 1. The summed E-state index contributed by atoms with van der Waals surface area (Å²) in [5.41, 5.74) is 0. The van der Waals surface area contributed by atoms with E-state index in [2.05, 4.69) is 55.6 Å². The highest BCUT2D eigenvalue weighted by molar-refractivity contribution is 5.76. The number of rotatable bonds is 39. The lowest BCUT2D eigenvalue weighted by molar-refractivity contribution is -0.359. The molecule has 0 spiro atoms. The monoisotopic (exact) mass is 940 g/mol. The summed E-state index contributed by atoms with van der Waals surface area (Å²) < 4.78 is 22.7. The molecule has 2 aliphatic heterocycles. The molecule has 14 nitrogen and oxygen atoms in total. The third-order valence-electron chi connectivity index (χ3n) is 12.5. The number of hydrogen-bond acceptors (Lipinski definition) is 13. The molecule has 66 heavy (non-hydrogen) atoms. The molecule has 2 fully saturated rings. The number of nitrogens with one attached hydrogen (secondary N) is 1. The standard InChI is InChI=1S/C52H93NO13/c1-3-5-7-9-11-13-15-17-19-20-22-24-26-28-30-32-34-36-44(57)53-40(41(56)35-33-31-29-27-25-23-21-18-16-14-12-10-8-6-4-2)39-63-51-49(62)47(60)50(43(38-55)65-51)66-52-48(61)46(59)45(58)42(37-54)64-52/h11,13,17,19,25,27,33,35,40-43,45-52,54-56,58-62H,3-10,12,14-16,18,20-24,26,28-32,34,36-39H2,1-2H3,(H,53,57)/b13-11-,19-17-,27-25+,35-33+. The third-order valence-corrected chi connectivity index (χ3v) is 12.5. The van der Waals surface area contributed by atoms with Gasteiger partial charge in [0.15, 0.2) is 12.6 Å². The SMILES string of the molecule is CCCCC/C=C\C/C=C\CCCCCCCCCC(=O)NC(COC1OC(CO)C(OC2OC(CO)C(O)C(O)C2O)C(O)C1O)C(O)/C=C/CC/C=C/CCCCCCCCCCC. The average molecular weight is 940 g/mol. The van der Waals surface area contributed by atoms with Crippen LogP contribution in [-0.2, 0) is 23.7 Å². The van der Waals surface area contributed by atoms with Crippen LogP contribution in [0.5, 0.6) is 0 Å². The van der Waals surface area contributed by atoms with E-state index >= 15 is 0 Å². The topological polar surface area (TPSA) is 228 Å². The van der Waals surface area contributed by atoms with Gasteiger partial charge >= 0.3 is 0 Å². The van der Waals surface area contributed by atoms with Crippen LogP contribution in [0.15, 0.2) is 48.6 Å². The Morgan fingerprint density at radius 2 is 1.02 bits per heavy atom. The maximum absolute atomic E-state index is 13.2. The number of aliphatic hydroxyl groups excluding tert-OH is 8. The van der Waals surface area contributed by atoms with Crippen LogP contribution in [0.1, 0.15) is 181 Å². The molecule has 0 radical (unpaired) electrons. The van der Waals surface area contributed by atoms with Gasteiger partial charge in [-0.2, -0.15) is 0 Å². The summed E-state index contributed by atoms with van der Waals surface area (Å²) in [7, 11) is 0. The van der Waals surface area contributed by atoms with E-state index in [1.54, 1.807) is 6.08 Å². The van der Waals surface area contributed by atoms with E-state index in [0.717, 1.165) is 51.4 Å². The summed E-state index contributed by atoms with van der Waals surface area (Å²) in [5, 5.41) is 86.7. The van der Waals surface area contributed by atoms with Gasteiger partial charge in [-0.05, 0) is 64.2 Å². The van der Waals surface area contributed by atoms with Crippen molar-refractivity contribution in [2.24, 2.45) is 0 Å². The highest BCUT2D eigenvalue weighted by atomic mass is 16.7. The lowest BCUT2D eigenvalue weighted by atomic mass is 9.97. The Morgan fingerprint density at radius 1 is 0.545 bits per heavy atom. The summed E-state index contributed by atoms with van der Waals surface area (Å²) in [6.07, 6.45) is 28.6. The number of carbonyl (C=O) groups is 1. The van der Waals surface area contributed by atoms with Crippen LogP contribution < -0.4 is 5.32 Å². The first kappa shape index (κ1) is 60.1. The van der Waals surface area contributed by atoms with Gasteiger partial charge in [0.2, 0.25) is 5.91 Å². The largest absolute Gasteiger partial charge is 0.394 e. The van der Waals surface area contributed by atoms with Gasteiger partial charge in [-0.1, -0.05) is 159 Å². The molecule has 12 atom stereocenters. The molecular weight excluding hydrogens is 847 g/mol. The Bertz CT molecular complexity index is 1290. The first-order valence-corrected chi connectivity index (χ1v) is 25.9. The molecule has 0 saturated carbocycles. The predicted molar refractivity (Wildman–Crippen MR) is 258 cm³/mol. The molecular formula is C52H93NO13. The van der Waals surface area contributed by atoms with Crippen molar-refractivity contribution in [3.8, 4) is 0 Å². The molecule has 2 aliphatic rings. The quantitative estimate of drug-likeness (QED) is 0.0227. The van der Waals surface area contributed by atoms with Crippen molar-refractivity contribution in [2.45, 2.75) is 254 Å². The zero-order valence-electron chi connectivity index (χ0n) is 40.7. The van der Waals surface area contributed by atoms with Crippen molar-refractivity contribution in [1.29, 1.82) is 0 Å². The molecule has 0 aromatic heterocycles. The Hall–Kier alpha value is -2.05. The maximum Gasteiger partial charge on any atom is 0.220 e. The Labute approximate surface area is 397 Å². The van der Waals surface area contributed by atoms with E-state index in [9.17, 15) is 45.6 Å². The fourth-order valence-corrected chi connectivity index (χ4v) is 8.22. The van der Waals surface area contributed by atoms with Crippen LogP contribution in [0.2, 0.25) is 0 Å². The third kappa shape index (κ3) is 25.5. The molecule has 0 bridgehead atoms. The Morgan fingerprint density at radius 3 is 1.61 bits per heavy atom. The van der Waals surface area contributed by atoms with E-state index in [1.807, 2.05) is 6.08 Å². The number of allylic oxidation sites excluding steroid dienone is 7. The van der Waals surface area contributed by atoms with Crippen LogP contribution in [0.3, 0.4) is 0 Å². The average Bonchev–Trinajstić information content (AvgIpc) is 3.31. The molecule has 9 N–H and O–H groups in total. The van der Waals surface area contributed by atoms with E-state index in [-0.39, 0.29) is 18.9 Å². The van der Waals surface area contributed by atoms with E-state index in [1.165, 1.54) is 96.3 Å². The van der Waals surface area contributed by atoms with Crippen LogP contribution >= 0.6 is 0 Å². The fraction of sp³-hybridized carbons (Fsp3) is 0.827. The van der Waals surface area contributed by atoms with E-state index < -0.39 is 86.8 Å². The second kappa shape index (κ2) is 38.8. The number of hydrogen-bond donors (Lipinski definition) is 9. The fourth-order valence-electron chi connectivity index (χ4n) is 8.22. The molecule has 0 aliphatic carbocycles. The van der Waals surface area contributed by atoms with Crippen molar-refractivity contribution >= 4 is 5.91 Å². The summed E-state index contributed by atoms with van der Waals surface area (Å²) in [4.78, 5) is 13.2. The molecule has 14 heteroatoms. The number of unbranched alkanes of at least 4 members (excludes halogenated alkanes) is 20. The molecule has 12 unspecified atom stereocenters. The summed E-state index contributed by atoms with van der Waals surface area (Å²) in [5.74, 6) is -0.260. The van der Waals surface area contributed by atoms with Crippen molar-refractivity contribution in [3.05, 3.63) is 48.6 Å². The van der Waals surface area contributed by atoms with Gasteiger partial charge in [-0.25, -0.2) is 0 Å². The number of aliphatic hydroxyl groups is 8. The lowest BCUT2D eigenvalue weighted by Gasteiger charge is -2.46. The van der Waals surface area contributed by atoms with Crippen molar-refractivity contribution in [3.63, 3.8) is 0 Å². The summed E-state index contributed by atoms with van der Waals surface area (Å²) in [6.45, 7) is 2.72. The van der Waals surface area contributed by atoms with Gasteiger partial charge in [0.05, 0.1) is 32.0 Å². The maximum atomic E-state index is 13.2. The smallest absolute Gasteiger partial charge is 0.220 e. The molecule has 2 rings (SSSR count). The summed E-state index contributed by atoms with van der Waals surface area (Å²) in [6, 6.07) is -0.935. The van der Waals surface area contributed by atoms with Gasteiger partial charge in [0, 0.05) is 6.42 Å². The number of ether oxygens (including phenoxy) is 4. The normalized spacial score (nSPS) is 27.2. The van der Waals surface area contributed by atoms with Crippen molar-refractivity contribution < 1.29 is 64.6 Å². The molecule has 1 amide bonds. The highest BCUT2D eigenvalue weighted by Gasteiger charge is 2.51. The molecule has 2 saturated heterocycles. The Balaban J connectivity index is 1.87.